The topological polar surface area (TPSA) is 80.5 Å². The van der Waals surface area contributed by atoms with Crippen LogP contribution in [0.5, 0.6) is 5.75 Å². The predicted octanol–water partition coefficient (Wildman–Crippen LogP) is 4.04. The number of hydrogen-bond acceptors (Lipinski definition) is 6. The van der Waals surface area contributed by atoms with Crippen molar-refractivity contribution < 1.29 is 31.5 Å². The summed E-state index contributed by atoms with van der Waals surface area (Å²) in [5.74, 6) is 0.187. The van der Waals surface area contributed by atoms with Gasteiger partial charge in [0.05, 0.1) is 17.5 Å². The van der Waals surface area contributed by atoms with E-state index in [1.165, 1.54) is 17.0 Å². The zero-order valence-corrected chi connectivity index (χ0v) is 19.0. The molecule has 2 aromatic rings. The number of ether oxygens (including phenoxy) is 1. The van der Waals surface area contributed by atoms with Crippen LogP contribution >= 0.6 is 11.6 Å². The number of benzene rings is 1. The molecule has 184 valence electrons. The average molecular weight is 503 g/mol. The Hall–Kier alpha value is -2.40. The number of aromatic nitrogens is 2. The quantitative estimate of drug-likeness (QED) is 0.576. The molecule has 0 spiro atoms. The van der Waals surface area contributed by atoms with Crippen LogP contribution in [0.1, 0.15) is 49.8 Å². The van der Waals surface area contributed by atoms with Crippen LogP contribution in [0.15, 0.2) is 22.6 Å². The van der Waals surface area contributed by atoms with Crippen LogP contribution in [0.2, 0.25) is 5.02 Å². The van der Waals surface area contributed by atoms with Crippen LogP contribution in [-0.2, 0) is 4.79 Å². The van der Waals surface area contributed by atoms with E-state index in [-0.39, 0.29) is 53.2 Å². The Balaban J connectivity index is 1.13. The zero-order chi connectivity index (χ0) is 24.3. The van der Waals surface area contributed by atoms with E-state index in [2.05, 4.69) is 15.5 Å². The third kappa shape index (κ3) is 4.47. The number of nitrogens with zero attached hydrogens (tertiary/aromatic N) is 3. The first kappa shape index (κ1) is 23.3. The Labute approximate surface area is 197 Å². The van der Waals surface area contributed by atoms with Gasteiger partial charge in [0.15, 0.2) is 6.61 Å². The molecule has 3 atom stereocenters. The van der Waals surface area contributed by atoms with Gasteiger partial charge in [-0.05, 0) is 44.2 Å². The lowest BCUT2D eigenvalue weighted by atomic mass is 9.76. The maximum atomic E-state index is 13.5. The van der Waals surface area contributed by atoms with Crippen LogP contribution in [0.25, 0.3) is 0 Å². The van der Waals surface area contributed by atoms with Gasteiger partial charge in [0.1, 0.15) is 11.6 Å². The summed E-state index contributed by atoms with van der Waals surface area (Å²) in [6, 6.07) is 3.64. The molecule has 4 aliphatic rings. The summed E-state index contributed by atoms with van der Waals surface area (Å²) in [7, 11) is 0. The van der Waals surface area contributed by atoms with Crippen LogP contribution in [-0.4, -0.2) is 58.5 Å². The van der Waals surface area contributed by atoms with Gasteiger partial charge in [-0.3, -0.25) is 9.69 Å². The van der Waals surface area contributed by atoms with Gasteiger partial charge in [0.25, 0.3) is 5.91 Å². The number of rotatable bonds is 7. The molecule has 4 fully saturated rings. The molecule has 7 nitrogen and oxygen atoms in total. The monoisotopic (exact) mass is 502 g/mol. The molecular formula is C22H23ClF4N4O3. The van der Waals surface area contributed by atoms with Crippen molar-refractivity contribution in [2.45, 2.75) is 55.8 Å². The molecule has 1 aliphatic heterocycles. The van der Waals surface area contributed by atoms with Crippen molar-refractivity contribution in [3.8, 4) is 5.75 Å². The van der Waals surface area contributed by atoms with Gasteiger partial charge < -0.3 is 14.5 Å². The Kier molecular flexibility index (Phi) is 5.75. The minimum atomic E-state index is -4.24. The lowest BCUT2D eigenvalue weighted by Crippen LogP contribution is -2.55. The summed E-state index contributed by atoms with van der Waals surface area (Å²) >= 11 is 5.64. The van der Waals surface area contributed by atoms with E-state index in [0.717, 1.165) is 18.9 Å². The van der Waals surface area contributed by atoms with Crippen molar-refractivity contribution in [1.82, 2.24) is 20.4 Å². The molecule has 12 heteroatoms. The van der Waals surface area contributed by atoms with Gasteiger partial charge in [0, 0.05) is 30.1 Å². The lowest BCUT2D eigenvalue weighted by molar-refractivity contribution is -0.164. The third-order valence-corrected chi connectivity index (χ3v) is 7.52. The summed E-state index contributed by atoms with van der Waals surface area (Å²) in [4.78, 5) is 13.8. The first-order valence-corrected chi connectivity index (χ1v) is 11.4. The maximum Gasteiger partial charge on any atom is 0.401 e. The summed E-state index contributed by atoms with van der Waals surface area (Å²) in [6.45, 7) is 0.751. The van der Waals surface area contributed by atoms with E-state index < -0.39 is 18.5 Å². The molecule has 1 aromatic heterocycles. The molecule has 3 saturated carbocycles. The highest BCUT2D eigenvalue weighted by atomic mass is 35.5. The molecule has 34 heavy (non-hydrogen) atoms. The van der Waals surface area contributed by atoms with Crippen molar-refractivity contribution in [2.75, 3.05) is 19.7 Å². The molecule has 1 aromatic carbocycles. The number of carbonyl (C=O) groups is 1. The summed E-state index contributed by atoms with van der Waals surface area (Å²) in [5, 5.41) is 11.3. The van der Waals surface area contributed by atoms with Crippen molar-refractivity contribution in [2.24, 2.45) is 5.92 Å². The summed E-state index contributed by atoms with van der Waals surface area (Å²) in [5.41, 5.74) is -0.372. The molecular weight excluding hydrogens is 480 g/mol. The Bertz CT molecular complexity index is 1090. The fourth-order valence-electron chi connectivity index (χ4n) is 5.43. The van der Waals surface area contributed by atoms with Crippen LogP contribution in [0, 0.1) is 11.7 Å². The molecule has 3 aliphatic carbocycles. The SMILES string of the molecule is CC1C(c2nnc(C3CC4(NC(=O)COc5ccc(Cl)c(F)c5)CC3C4)o2)CN1CC(F)(F)F. The fraction of sp³-hybridized carbons (Fsp3) is 0.591. The molecule has 2 heterocycles. The van der Waals surface area contributed by atoms with Gasteiger partial charge in [0.2, 0.25) is 11.8 Å². The second kappa shape index (κ2) is 8.37. The van der Waals surface area contributed by atoms with Gasteiger partial charge in [-0.2, -0.15) is 13.2 Å². The number of amides is 1. The Morgan fingerprint density at radius 2 is 1.97 bits per heavy atom. The second-order valence-corrected chi connectivity index (χ2v) is 9.95. The molecule has 3 unspecified atom stereocenters. The average Bonchev–Trinajstić information content (AvgIpc) is 3.43. The molecule has 1 N–H and O–H groups in total. The maximum absolute atomic E-state index is 13.5. The minimum Gasteiger partial charge on any atom is -0.484 e. The molecule has 0 radical (unpaired) electrons. The van der Waals surface area contributed by atoms with Crippen LogP contribution in [0.3, 0.4) is 0 Å². The number of nitrogens with one attached hydrogen (secondary N) is 1. The van der Waals surface area contributed by atoms with Crippen molar-refractivity contribution in [3.63, 3.8) is 0 Å². The predicted molar refractivity (Wildman–Crippen MR) is 112 cm³/mol. The number of carbonyl (C=O) groups excluding carboxylic acids is 1. The molecule has 6 rings (SSSR count). The fourth-order valence-corrected chi connectivity index (χ4v) is 5.55. The Morgan fingerprint density at radius 3 is 2.62 bits per heavy atom. The van der Waals surface area contributed by atoms with Crippen LogP contribution < -0.4 is 10.1 Å². The minimum absolute atomic E-state index is 0.00510. The largest absolute Gasteiger partial charge is 0.484 e. The van der Waals surface area contributed by atoms with E-state index in [1.807, 2.05) is 0 Å². The van der Waals surface area contributed by atoms with Gasteiger partial charge >= 0.3 is 6.18 Å². The van der Waals surface area contributed by atoms with E-state index in [1.54, 1.807) is 6.92 Å². The molecule has 1 amide bonds. The standard InChI is InChI=1S/C22H23ClF4N4O3/c1-11-15(8-31(11)10-22(25,26)27)20-30-29-19(34-20)14-7-21(5-12(14)6-21)28-18(32)9-33-13-2-3-16(23)17(24)4-13/h2-4,11-12,14-15H,5-10H2,1H3,(H,28,32). The van der Waals surface area contributed by atoms with Crippen molar-refractivity contribution >= 4 is 17.5 Å². The van der Waals surface area contributed by atoms with Gasteiger partial charge in [-0.15, -0.1) is 10.2 Å². The number of hydrogen-bond donors (Lipinski definition) is 1. The first-order valence-electron chi connectivity index (χ1n) is 11.0. The number of alkyl halides is 3. The smallest absolute Gasteiger partial charge is 0.401 e. The Morgan fingerprint density at radius 1 is 1.26 bits per heavy atom. The van der Waals surface area contributed by atoms with Gasteiger partial charge in [-0.1, -0.05) is 11.6 Å². The van der Waals surface area contributed by atoms with E-state index in [9.17, 15) is 22.4 Å². The first-order chi connectivity index (χ1) is 16.0. The van der Waals surface area contributed by atoms with Crippen molar-refractivity contribution in [1.29, 1.82) is 0 Å². The van der Waals surface area contributed by atoms with Crippen LogP contribution in [0.4, 0.5) is 17.6 Å². The second-order valence-electron chi connectivity index (χ2n) is 9.54. The van der Waals surface area contributed by atoms with E-state index in [0.29, 0.717) is 24.1 Å². The van der Waals surface area contributed by atoms with E-state index in [4.69, 9.17) is 20.8 Å². The highest BCUT2D eigenvalue weighted by Gasteiger charge is 2.59. The zero-order valence-electron chi connectivity index (χ0n) is 18.2. The lowest BCUT2D eigenvalue weighted by Gasteiger charge is -2.44. The highest BCUT2D eigenvalue weighted by molar-refractivity contribution is 6.30. The third-order valence-electron chi connectivity index (χ3n) is 7.21. The van der Waals surface area contributed by atoms with Crippen molar-refractivity contribution in [3.05, 3.63) is 40.8 Å². The van der Waals surface area contributed by atoms with E-state index >= 15 is 0 Å². The summed E-state index contributed by atoms with van der Waals surface area (Å²) < 4.78 is 62.6. The number of likely N-dealkylation sites (tertiary alicyclic amines) is 1. The normalized spacial score (nSPS) is 30.5. The molecule has 2 bridgehead atoms. The summed E-state index contributed by atoms with van der Waals surface area (Å²) in [6.07, 6.45) is -2.05. The number of halogens is 5. The van der Waals surface area contributed by atoms with Gasteiger partial charge in [-0.25, -0.2) is 4.39 Å². The highest BCUT2D eigenvalue weighted by Crippen LogP contribution is 2.59. The number of fused-ring (bicyclic) bond motifs is 1. The molecule has 1 saturated heterocycles.